The molecule has 0 aliphatic carbocycles. The van der Waals surface area contributed by atoms with Gasteiger partial charge in [-0.15, -0.1) is 11.3 Å². The first-order valence-corrected chi connectivity index (χ1v) is 8.01. The molecule has 1 N–H and O–H groups in total. The highest BCUT2D eigenvalue weighted by atomic mass is 32.1. The molecule has 3 unspecified atom stereocenters. The second-order valence-corrected chi connectivity index (χ2v) is 6.65. The number of rotatable bonds is 4. The molecule has 3 nitrogen and oxygen atoms in total. The Bertz CT molecular complexity index is 364. The maximum atomic E-state index is 4.38. The Morgan fingerprint density at radius 3 is 2.78 bits per heavy atom. The summed E-state index contributed by atoms with van der Waals surface area (Å²) in [6.45, 7) is 3.37. The van der Waals surface area contributed by atoms with Crippen LogP contribution in [0.4, 0.5) is 0 Å². The lowest BCUT2D eigenvalue weighted by Crippen LogP contribution is -2.42. The molecule has 3 atom stereocenters. The number of aromatic nitrogens is 1. The monoisotopic (exact) mass is 265 g/mol. The van der Waals surface area contributed by atoms with E-state index in [1.807, 2.05) is 5.51 Å². The summed E-state index contributed by atoms with van der Waals surface area (Å²) in [6, 6.07) is 2.10. The van der Waals surface area contributed by atoms with E-state index in [9.17, 15) is 0 Å². The van der Waals surface area contributed by atoms with Crippen LogP contribution in [-0.2, 0) is 0 Å². The average molecular weight is 265 g/mol. The number of thiazole rings is 1. The first-order chi connectivity index (χ1) is 8.74. The topological polar surface area (TPSA) is 28.2 Å². The summed E-state index contributed by atoms with van der Waals surface area (Å²) in [5, 5.41) is 5.81. The number of hydrogen-bond donors (Lipinski definition) is 1. The molecule has 0 aromatic carbocycles. The highest BCUT2D eigenvalue weighted by molar-refractivity contribution is 7.07. The van der Waals surface area contributed by atoms with Gasteiger partial charge in [-0.25, -0.2) is 4.98 Å². The second-order valence-electron chi connectivity index (χ2n) is 5.93. The number of hydrogen-bond acceptors (Lipinski definition) is 4. The summed E-state index contributed by atoms with van der Waals surface area (Å²) in [4.78, 5) is 6.99. The molecule has 2 aliphatic rings. The van der Waals surface area contributed by atoms with E-state index >= 15 is 0 Å². The quantitative estimate of drug-likeness (QED) is 0.907. The van der Waals surface area contributed by atoms with Gasteiger partial charge in [-0.05, 0) is 52.1 Å². The van der Waals surface area contributed by atoms with E-state index in [4.69, 9.17) is 0 Å². The van der Waals surface area contributed by atoms with E-state index in [0.717, 1.165) is 24.5 Å². The Hall–Kier alpha value is -0.450. The first-order valence-electron chi connectivity index (χ1n) is 7.07. The molecule has 0 amide bonds. The van der Waals surface area contributed by atoms with Crippen molar-refractivity contribution in [1.82, 2.24) is 15.2 Å². The van der Waals surface area contributed by atoms with E-state index in [-0.39, 0.29) is 0 Å². The molecule has 0 radical (unpaired) electrons. The number of nitrogens with zero attached hydrogens (tertiary/aromatic N) is 2. The summed E-state index contributed by atoms with van der Waals surface area (Å²) in [5.41, 5.74) is 3.11. The molecular weight excluding hydrogens is 242 g/mol. The smallest absolute Gasteiger partial charge is 0.0795 e. The standard InChI is InChI=1S/C14H23N3S/c1-10(14-8-18-9-16-14)15-7-11-5-12-3-4-13(6-11)17(12)2/h8-13,15H,3-7H2,1-2H3. The molecule has 2 aliphatic heterocycles. The van der Waals surface area contributed by atoms with Crippen molar-refractivity contribution in [3.05, 3.63) is 16.6 Å². The molecule has 1 aromatic heterocycles. The van der Waals surface area contributed by atoms with Crippen molar-refractivity contribution in [3.63, 3.8) is 0 Å². The number of piperidine rings is 1. The molecule has 2 bridgehead atoms. The van der Waals surface area contributed by atoms with Gasteiger partial charge in [-0.2, -0.15) is 0 Å². The summed E-state index contributed by atoms with van der Waals surface area (Å²) in [7, 11) is 2.31. The summed E-state index contributed by atoms with van der Waals surface area (Å²) in [5.74, 6) is 0.861. The van der Waals surface area contributed by atoms with Gasteiger partial charge in [0.25, 0.3) is 0 Å². The van der Waals surface area contributed by atoms with Crippen LogP contribution in [-0.4, -0.2) is 35.6 Å². The molecular formula is C14H23N3S. The van der Waals surface area contributed by atoms with Crippen LogP contribution in [0.2, 0.25) is 0 Å². The highest BCUT2D eigenvalue weighted by Gasteiger charge is 2.38. The third kappa shape index (κ3) is 2.46. The Balaban J connectivity index is 1.50. The van der Waals surface area contributed by atoms with Crippen LogP contribution in [0.1, 0.15) is 44.3 Å². The van der Waals surface area contributed by atoms with Crippen molar-refractivity contribution in [3.8, 4) is 0 Å². The van der Waals surface area contributed by atoms with Gasteiger partial charge in [-0.1, -0.05) is 0 Å². The van der Waals surface area contributed by atoms with Crippen molar-refractivity contribution in [2.24, 2.45) is 5.92 Å². The van der Waals surface area contributed by atoms with Gasteiger partial charge in [-0.3, -0.25) is 0 Å². The maximum Gasteiger partial charge on any atom is 0.0795 e. The fourth-order valence-electron chi connectivity index (χ4n) is 3.57. The van der Waals surface area contributed by atoms with Crippen molar-refractivity contribution >= 4 is 11.3 Å². The average Bonchev–Trinajstić information content (AvgIpc) is 2.94. The SMILES string of the molecule is CC(NCC1CC2CCC(C1)N2C)c1cscn1. The first kappa shape index (κ1) is 12.6. The Morgan fingerprint density at radius 2 is 2.17 bits per heavy atom. The zero-order chi connectivity index (χ0) is 12.5. The van der Waals surface area contributed by atoms with Crippen molar-refractivity contribution in [2.75, 3.05) is 13.6 Å². The second kappa shape index (κ2) is 5.27. The molecule has 4 heteroatoms. The van der Waals surface area contributed by atoms with E-state index in [0.29, 0.717) is 6.04 Å². The van der Waals surface area contributed by atoms with Crippen LogP contribution < -0.4 is 5.32 Å². The fraction of sp³-hybridized carbons (Fsp3) is 0.786. The van der Waals surface area contributed by atoms with Gasteiger partial charge in [0, 0.05) is 23.5 Å². The predicted molar refractivity (Wildman–Crippen MR) is 75.8 cm³/mol. The normalized spacial score (nSPS) is 33.8. The molecule has 3 rings (SSSR count). The summed E-state index contributed by atoms with van der Waals surface area (Å²) >= 11 is 1.68. The van der Waals surface area contributed by atoms with Crippen molar-refractivity contribution < 1.29 is 0 Å². The minimum Gasteiger partial charge on any atom is -0.309 e. The molecule has 1 aromatic rings. The van der Waals surface area contributed by atoms with Crippen LogP contribution >= 0.6 is 11.3 Å². The van der Waals surface area contributed by atoms with Gasteiger partial charge in [0.05, 0.1) is 11.2 Å². The van der Waals surface area contributed by atoms with E-state index in [1.54, 1.807) is 11.3 Å². The van der Waals surface area contributed by atoms with Gasteiger partial charge in [0.15, 0.2) is 0 Å². The van der Waals surface area contributed by atoms with E-state index in [1.165, 1.54) is 31.4 Å². The lowest BCUT2D eigenvalue weighted by atomic mass is 9.91. The molecule has 18 heavy (non-hydrogen) atoms. The summed E-state index contributed by atoms with van der Waals surface area (Å²) < 4.78 is 0. The van der Waals surface area contributed by atoms with Crippen LogP contribution in [0.25, 0.3) is 0 Å². The van der Waals surface area contributed by atoms with Gasteiger partial charge in [0.2, 0.25) is 0 Å². The van der Waals surface area contributed by atoms with E-state index in [2.05, 4.69) is 34.6 Å². The molecule has 0 spiro atoms. The van der Waals surface area contributed by atoms with Gasteiger partial charge in [0.1, 0.15) is 0 Å². The number of fused-ring (bicyclic) bond motifs is 2. The minimum atomic E-state index is 0.397. The van der Waals surface area contributed by atoms with Crippen LogP contribution in [0.5, 0.6) is 0 Å². The minimum absolute atomic E-state index is 0.397. The number of nitrogens with one attached hydrogen (secondary N) is 1. The molecule has 3 heterocycles. The fourth-order valence-corrected chi connectivity index (χ4v) is 4.22. The molecule has 0 saturated carbocycles. The van der Waals surface area contributed by atoms with Gasteiger partial charge >= 0.3 is 0 Å². The molecule has 2 saturated heterocycles. The van der Waals surface area contributed by atoms with Crippen LogP contribution in [0.15, 0.2) is 10.9 Å². The lowest BCUT2D eigenvalue weighted by Gasteiger charge is -2.36. The Labute approximate surface area is 114 Å². The largest absolute Gasteiger partial charge is 0.309 e. The third-order valence-electron chi connectivity index (χ3n) is 4.80. The summed E-state index contributed by atoms with van der Waals surface area (Å²) in [6.07, 6.45) is 5.59. The molecule has 100 valence electrons. The van der Waals surface area contributed by atoms with Crippen LogP contribution in [0, 0.1) is 5.92 Å². The zero-order valence-corrected chi connectivity index (χ0v) is 12.1. The predicted octanol–water partition coefficient (Wildman–Crippen LogP) is 2.67. The Morgan fingerprint density at radius 1 is 1.44 bits per heavy atom. The molecule has 2 fully saturated rings. The lowest BCUT2D eigenvalue weighted by molar-refractivity contribution is 0.131. The van der Waals surface area contributed by atoms with Gasteiger partial charge < -0.3 is 10.2 Å². The van der Waals surface area contributed by atoms with Crippen molar-refractivity contribution in [2.45, 2.75) is 50.7 Å². The van der Waals surface area contributed by atoms with Crippen molar-refractivity contribution in [1.29, 1.82) is 0 Å². The highest BCUT2D eigenvalue weighted by Crippen LogP contribution is 2.37. The van der Waals surface area contributed by atoms with E-state index < -0.39 is 0 Å². The zero-order valence-electron chi connectivity index (χ0n) is 11.3. The van der Waals surface area contributed by atoms with Crippen LogP contribution in [0.3, 0.4) is 0 Å². The Kier molecular flexibility index (Phi) is 3.68. The maximum absolute atomic E-state index is 4.38. The third-order valence-corrected chi connectivity index (χ3v) is 5.41.